The first-order valence-corrected chi connectivity index (χ1v) is 6.60. The number of para-hydroxylation sites is 1. The zero-order valence-electron chi connectivity index (χ0n) is 11.9. The summed E-state index contributed by atoms with van der Waals surface area (Å²) in [5.41, 5.74) is 2.14. The molecule has 1 aromatic heterocycles. The Bertz CT molecular complexity index is 760. The molecule has 0 bridgehead atoms. The lowest BCUT2D eigenvalue weighted by Crippen LogP contribution is -2.02. The Kier molecular flexibility index (Phi) is 3.54. The number of furan rings is 1. The fourth-order valence-electron chi connectivity index (χ4n) is 2.42. The van der Waals surface area contributed by atoms with Crippen molar-refractivity contribution in [3.8, 4) is 11.5 Å². The van der Waals surface area contributed by atoms with Crippen molar-refractivity contribution in [3.05, 3.63) is 59.9 Å². The Balaban J connectivity index is 2.07. The maximum atomic E-state index is 10.7. The topological polar surface area (TPSA) is 51.8 Å². The van der Waals surface area contributed by atoms with Gasteiger partial charge in [-0.05, 0) is 18.2 Å². The van der Waals surface area contributed by atoms with Crippen LogP contribution in [-0.4, -0.2) is 19.3 Å². The van der Waals surface area contributed by atoms with Crippen molar-refractivity contribution in [2.24, 2.45) is 0 Å². The molecular formula is C17H16O4. The summed E-state index contributed by atoms with van der Waals surface area (Å²) >= 11 is 0. The van der Waals surface area contributed by atoms with E-state index < -0.39 is 6.10 Å². The molecule has 0 saturated carbocycles. The van der Waals surface area contributed by atoms with Gasteiger partial charge in [-0.3, -0.25) is 0 Å². The second-order valence-corrected chi connectivity index (χ2v) is 4.70. The molecule has 3 aromatic rings. The highest BCUT2D eigenvalue weighted by atomic mass is 16.5. The minimum Gasteiger partial charge on any atom is -0.497 e. The van der Waals surface area contributed by atoms with E-state index in [9.17, 15) is 5.11 Å². The zero-order valence-corrected chi connectivity index (χ0v) is 11.9. The van der Waals surface area contributed by atoms with Gasteiger partial charge in [0.15, 0.2) is 0 Å². The molecule has 0 saturated heterocycles. The lowest BCUT2D eigenvalue weighted by molar-refractivity contribution is 0.214. The molecule has 0 spiro atoms. The number of ether oxygens (including phenoxy) is 2. The Morgan fingerprint density at radius 3 is 2.57 bits per heavy atom. The molecule has 4 nitrogen and oxygen atoms in total. The number of fused-ring (bicyclic) bond motifs is 1. The summed E-state index contributed by atoms with van der Waals surface area (Å²) in [6, 6.07) is 13.0. The molecule has 3 rings (SSSR count). The van der Waals surface area contributed by atoms with Crippen molar-refractivity contribution in [2.75, 3.05) is 14.2 Å². The summed E-state index contributed by atoms with van der Waals surface area (Å²) in [7, 11) is 3.16. The minimum absolute atomic E-state index is 0.576. The third-order valence-corrected chi connectivity index (χ3v) is 3.54. The van der Waals surface area contributed by atoms with Crippen LogP contribution in [0.25, 0.3) is 11.0 Å². The van der Waals surface area contributed by atoms with E-state index in [-0.39, 0.29) is 0 Å². The van der Waals surface area contributed by atoms with E-state index in [2.05, 4.69) is 0 Å². The minimum atomic E-state index is -0.825. The Morgan fingerprint density at radius 2 is 1.81 bits per heavy atom. The summed E-state index contributed by atoms with van der Waals surface area (Å²) in [6.45, 7) is 0. The van der Waals surface area contributed by atoms with Gasteiger partial charge >= 0.3 is 0 Å². The number of aliphatic hydroxyl groups excluding tert-OH is 1. The average Bonchev–Trinajstić information content (AvgIpc) is 2.97. The van der Waals surface area contributed by atoms with Crippen LogP contribution in [0.2, 0.25) is 0 Å². The third-order valence-electron chi connectivity index (χ3n) is 3.54. The first kappa shape index (κ1) is 13.5. The van der Waals surface area contributed by atoms with Gasteiger partial charge in [0.2, 0.25) is 0 Å². The summed E-state index contributed by atoms with van der Waals surface area (Å²) in [5.74, 6) is 1.26. The SMILES string of the molecule is COc1ccc(C(O)c2coc3ccccc23)c(OC)c1. The van der Waals surface area contributed by atoms with Crippen LogP contribution >= 0.6 is 0 Å². The summed E-state index contributed by atoms with van der Waals surface area (Å²) in [6.07, 6.45) is 0.758. The van der Waals surface area contributed by atoms with E-state index in [1.165, 1.54) is 0 Å². The molecule has 4 heteroatoms. The lowest BCUT2D eigenvalue weighted by Gasteiger charge is -2.15. The molecule has 0 aliphatic rings. The van der Waals surface area contributed by atoms with Crippen molar-refractivity contribution in [1.29, 1.82) is 0 Å². The number of aliphatic hydroxyl groups is 1. The number of hydrogen-bond donors (Lipinski definition) is 1. The molecule has 0 fully saturated rings. The largest absolute Gasteiger partial charge is 0.497 e. The van der Waals surface area contributed by atoms with Gasteiger partial charge in [-0.25, -0.2) is 0 Å². The van der Waals surface area contributed by atoms with Crippen LogP contribution in [-0.2, 0) is 0 Å². The van der Waals surface area contributed by atoms with Gasteiger partial charge in [0.1, 0.15) is 23.2 Å². The Morgan fingerprint density at radius 1 is 1.00 bits per heavy atom. The van der Waals surface area contributed by atoms with E-state index in [4.69, 9.17) is 13.9 Å². The Hall–Kier alpha value is -2.46. The van der Waals surface area contributed by atoms with Gasteiger partial charge in [-0.15, -0.1) is 0 Å². The highest BCUT2D eigenvalue weighted by Crippen LogP contribution is 2.36. The summed E-state index contributed by atoms with van der Waals surface area (Å²) in [4.78, 5) is 0. The molecule has 0 radical (unpaired) electrons. The fourth-order valence-corrected chi connectivity index (χ4v) is 2.42. The van der Waals surface area contributed by atoms with Crippen LogP contribution in [0.5, 0.6) is 11.5 Å². The second kappa shape index (κ2) is 5.50. The van der Waals surface area contributed by atoms with Crippen LogP contribution in [0.1, 0.15) is 17.2 Å². The molecule has 1 unspecified atom stereocenters. The van der Waals surface area contributed by atoms with Gasteiger partial charge in [0.05, 0.1) is 20.5 Å². The van der Waals surface area contributed by atoms with Crippen molar-refractivity contribution < 1.29 is 19.0 Å². The number of rotatable bonds is 4. The summed E-state index contributed by atoms with van der Waals surface area (Å²) < 4.78 is 16.0. The van der Waals surface area contributed by atoms with Crippen LogP contribution in [0.3, 0.4) is 0 Å². The molecule has 0 aliphatic heterocycles. The smallest absolute Gasteiger partial charge is 0.134 e. The normalized spacial score (nSPS) is 12.3. The highest BCUT2D eigenvalue weighted by Gasteiger charge is 2.20. The van der Waals surface area contributed by atoms with E-state index in [1.54, 1.807) is 38.7 Å². The molecule has 21 heavy (non-hydrogen) atoms. The number of methoxy groups -OCH3 is 2. The molecule has 2 aromatic carbocycles. The molecule has 1 N–H and O–H groups in total. The number of benzene rings is 2. The maximum absolute atomic E-state index is 10.7. The van der Waals surface area contributed by atoms with Crippen molar-refractivity contribution in [3.63, 3.8) is 0 Å². The standard InChI is InChI=1S/C17H16O4/c1-19-11-7-8-13(16(9-11)20-2)17(18)14-10-21-15-6-4-3-5-12(14)15/h3-10,17-18H,1-2H3. The molecule has 108 valence electrons. The van der Waals surface area contributed by atoms with Gasteiger partial charge in [-0.2, -0.15) is 0 Å². The van der Waals surface area contributed by atoms with Crippen LogP contribution in [0.4, 0.5) is 0 Å². The maximum Gasteiger partial charge on any atom is 0.134 e. The van der Waals surface area contributed by atoms with Crippen LogP contribution in [0.15, 0.2) is 53.1 Å². The van der Waals surface area contributed by atoms with E-state index in [1.807, 2.05) is 24.3 Å². The molecule has 1 atom stereocenters. The van der Waals surface area contributed by atoms with Crippen LogP contribution < -0.4 is 9.47 Å². The number of hydrogen-bond acceptors (Lipinski definition) is 4. The lowest BCUT2D eigenvalue weighted by atomic mass is 10.00. The Labute approximate surface area is 122 Å². The van der Waals surface area contributed by atoms with Crippen molar-refractivity contribution >= 4 is 11.0 Å². The predicted octanol–water partition coefficient (Wildman–Crippen LogP) is 3.53. The van der Waals surface area contributed by atoms with Crippen LogP contribution in [0, 0.1) is 0 Å². The first-order chi connectivity index (χ1) is 10.2. The van der Waals surface area contributed by atoms with Gasteiger partial charge in [0.25, 0.3) is 0 Å². The fraction of sp³-hybridized carbons (Fsp3) is 0.176. The molecule has 1 heterocycles. The third kappa shape index (κ3) is 2.34. The highest BCUT2D eigenvalue weighted by molar-refractivity contribution is 5.81. The monoisotopic (exact) mass is 284 g/mol. The summed E-state index contributed by atoms with van der Waals surface area (Å²) in [5, 5.41) is 11.6. The van der Waals surface area contributed by atoms with Gasteiger partial charge in [0, 0.05) is 22.6 Å². The van der Waals surface area contributed by atoms with E-state index >= 15 is 0 Å². The molecule has 0 amide bonds. The van der Waals surface area contributed by atoms with E-state index in [0.717, 1.165) is 11.0 Å². The zero-order chi connectivity index (χ0) is 14.8. The van der Waals surface area contributed by atoms with Gasteiger partial charge < -0.3 is 19.0 Å². The van der Waals surface area contributed by atoms with Gasteiger partial charge in [-0.1, -0.05) is 18.2 Å². The first-order valence-electron chi connectivity index (χ1n) is 6.60. The average molecular weight is 284 g/mol. The molecular weight excluding hydrogens is 268 g/mol. The quantitative estimate of drug-likeness (QED) is 0.796. The van der Waals surface area contributed by atoms with Crippen molar-refractivity contribution in [1.82, 2.24) is 0 Å². The van der Waals surface area contributed by atoms with E-state index in [0.29, 0.717) is 22.6 Å². The second-order valence-electron chi connectivity index (χ2n) is 4.70. The van der Waals surface area contributed by atoms with Crippen molar-refractivity contribution in [2.45, 2.75) is 6.10 Å². The predicted molar refractivity (Wildman–Crippen MR) is 79.8 cm³/mol. The molecule has 0 aliphatic carbocycles.